The first-order chi connectivity index (χ1) is 25.8. The van der Waals surface area contributed by atoms with Crippen molar-refractivity contribution < 1.29 is 4.42 Å². The lowest BCUT2D eigenvalue weighted by molar-refractivity contribution is 0.632. The van der Waals surface area contributed by atoms with Crippen LogP contribution in [-0.2, 0) is 0 Å². The van der Waals surface area contributed by atoms with Gasteiger partial charge in [0.2, 0.25) is 0 Å². The van der Waals surface area contributed by atoms with Crippen molar-refractivity contribution in [1.29, 1.82) is 0 Å². The molecule has 0 N–H and O–H groups in total. The first-order valence-electron chi connectivity index (χ1n) is 17.7. The molecule has 9 rings (SSSR count). The van der Waals surface area contributed by atoms with E-state index in [-0.39, 0.29) is 0 Å². The van der Waals surface area contributed by atoms with E-state index < -0.39 is 0 Å². The fourth-order valence-electron chi connectivity index (χ4n) is 7.12. The maximum atomic E-state index is 6.51. The number of fused-ring (bicyclic) bond motifs is 1. The van der Waals surface area contributed by atoms with Crippen molar-refractivity contribution in [3.8, 4) is 55.8 Å². The van der Waals surface area contributed by atoms with Crippen LogP contribution in [0.4, 0.5) is 17.1 Å². The Morgan fingerprint density at radius 1 is 0.288 bits per heavy atom. The number of anilines is 3. The van der Waals surface area contributed by atoms with Crippen molar-refractivity contribution in [3.05, 3.63) is 212 Å². The van der Waals surface area contributed by atoms with Crippen molar-refractivity contribution >= 4 is 28.0 Å². The molecule has 8 aromatic carbocycles. The van der Waals surface area contributed by atoms with Crippen LogP contribution < -0.4 is 4.90 Å². The van der Waals surface area contributed by atoms with Gasteiger partial charge in [-0.15, -0.1) is 0 Å². The van der Waals surface area contributed by atoms with E-state index in [0.29, 0.717) is 0 Å². The summed E-state index contributed by atoms with van der Waals surface area (Å²) in [4.78, 5) is 2.32. The molecule has 1 heterocycles. The zero-order chi connectivity index (χ0) is 34.7. The van der Waals surface area contributed by atoms with E-state index >= 15 is 0 Å². The largest absolute Gasteiger partial charge is 0.455 e. The quantitative estimate of drug-likeness (QED) is 0.161. The topological polar surface area (TPSA) is 16.4 Å². The van der Waals surface area contributed by atoms with Crippen LogP contribution in [-0.4, -0.2) is 0 Å². The second-order valence-corrected chi connectivity index (χ2v) is 13.0. The average Bonchev–Trinajstić information content (AvgIpc) is 3.63. The first-order valence-corrected chi connectivity index (χ1v) is 17.7. The molecule has 0 saturated carbocycles. The number of para-hydroxylation sites is 2. The van der Waals surface area contributed by atoms with Gasteiger partial charge in [0, 0.05) is 33.6 Å². The lowest BCUT2D eigenvalue weighted by atomic mass is 9.95. The van der Waals surface area contributed by atoms with Gasteiger partial charge in [-0.1, -0.05) is 164 Å². The van der Waals surface area contributed by atoms with Gasteiger partial charge in [0.15, 0.2) is 0 Å². The highest BCUT2D eigenvalue weighted by Gasteiger charge is 2.18. The molecule has 0 spiro atoms. The molecule has 0 aliphatic rings. The predicted molar refractivity (Wildman–Crippen MR) is 218 cm³/mol. The summed E-state index contributed by atoms with van der Waals surface area (Å²) in [5, 5.41) is 1.12. The van der Waals surface area contributed by atoms with Crippen molar-refractivity contribution in [1.82, 2.24) is 0 Å². The van der Waals surface area contributed by atoms with Gasteiger partial charge in [0.1, 0.15) is 11.3 Å². The lowest BCUT2D eigenvalue weighted by Gasteiger charge is -2.26. The Hall–Kier alpha value is -6.90. The third-order valence-electron chi connectivity index (χ3n) is 9.69. The summed E-state index contributed by atoms with van der Waals surface area (Å²) in [6, 6.07) is 75.0. The molecule has 0 fully saturated rings. The van der Waals surface area contributed by atoms with E-state index in [1.54, 1.807) is 0 Å². The van der Waals surface area contributed by atoms with Gasteiger partial charge < -0.3 is 9.32 Å². The van der Waals surface area contributed by atoms with Gasteiger partial charge in [-0.2, -0.15) is 0 Å². The number of benzene rings is 8. The maximum absolute atomic E-state index is 6.51. The monoisotopic (exact) mass is 665 g/mol. The Labute approximate surface area is 304 Å². The molecule has 2 nitrogen and oxygen atoms in total. The van der Waals surface area contributed by atoms with Crippen molar-refractivity contribution in [3.63, 3.8) is 0 Å². The summed E-state index contributed by atoms with van der Waals surface area (Å²) >= 11 is 0. The molecule has 0 bridgehead atoms. The third kappa shape index (κ3) is 6.08. The third-order valence-corrected chi connectivity index (χ3v) is 9.69. The lowest BCUT2D eigenvalue weighted by Crippen LogP contribution is -2.09. The second-order valence-electron chi connectivity index (χ2n) is 13.0. The zero-order valence-electron chi connectivity index (χ0n) is 28.6. The molecule has 0 unspecified atom stereocenters. The molecule has 1 aromatic heterocycles. The summed E-state index contributed by atoms with van der Waals surface area (Å²) in [6.07, 6.45) is 0. The molecule has 0 atom stereocenters. The highest BCUT2D eigenvalue weighted by Crippen LogP contribution is 2.42. The fourth-order valence-corrected chi connectivity index (χ4v) is 7.12. The van der Waals surface area contributed by atoms with E-state index in [2.05, 4.69) is 205 Å². The average molecular weight is 666 g/mol. The minimum Gasteiger partial charge on any atom is -0.455 e. The number of hydrogen-bond donors (Lipinski definition) is 0. The van der Waals surface area contributed by atoms with Gasteiger partial charge >= 0.3 is 0 Å². The normalized spacial score (nSPS) is 11.1. The molecule has 52 heavy (non-hydrogen) atoms. The van der Waals surface area contributed by atoms with Gasteiger partial charge in [0.05, 0.1) is 0 Å². The summed E-state index contributed by atoms with van der Waals surface area (Å²) in [5.41, 5.74) is 14.6. The van der Waals surface area contributed by atoms with Crippen molar-refractivity contribution in [2.24, 2.45) is 0 Å². The summed E-state index contributed by atoms with van der Waals surface area (Å²) in [6.45, 7) is 0. The zero-order valence-corrected chi connectivity index (χ0v) is 28.6. The minimum absolute atomic E-state index is 0.891. The SMILES string of the molecule is c1ccc(-c2cccc(N(c3ccccc3)c3ccc(-c4ccc(-c5cccc(-c6oc7ccccc7c6-c6ccccc6)c5)cc4)cc3)c2)cc1. The van der Waals surface area contributed by atoms with Crippen LogP contribution in [0, 0.1) is 0 Å². The Kier molecular flexibility index (Phi) is 8.24. The summed E-state index contributed by atoms with van der Waals surface area (Å²) in [5.74, 6) is 0.891. The Morgan fingerprint density at radius 2 is 0.731 bits per heavy atom. The van der Waals surface area contributed by atoms with Gasteiger partial charge in [-0.25, -0.2) is 0 Å². The van der Waals surface area contributed by atoms with E-state index in [0.717, 1.165) is 61.6 Å². The number of rotatable bonds is 8. The van der Waals surface area contributed by atoms with Crippen LogP contribution in [0.1, 0.15) is 0 Å². The van der Waals surface area contributed by atoms with Crippen LogP contribution in [0.15, 0.2) is 217 Å². The van der Waals surface area contributed by atoms with Crippen LogP contribution in [0.5, 0.6) is 0 Å². The standard InChI is InChI=1S/C50H35NO/c1-4-14-36(15-5-1)42-19-13-23-46(35-42)51(44-21-8-3-9-22-44)45-32-30-38(31-33-45)37-26-28-39(29-27-37)41-18-12-20-43(34-41)50-49(40-16-6-2-7-17-40)47-24-10-11-25-48(47)52-50/h1-35H. The molecule has 9 aromatic rings. The molecular formula is C50H35NO. The summed E-state index contributed by atoms with van der Waals surface area (Å²) < 4.78 is 6.51. The first kappa shape index (κ1) is 31.1. The molecule has 2 heteroatoms. The van der Waals surface area contributed by atoms with Gasteiger partial charge in [0.25, 0.3) is 0 Å². The van der Waals surface area contributed by atoms with E-state index in [1.165, 1.54) is 22.3 Å². The number of furan rings is 1. The molecule has 0 aliphatic carbocycles. The van der Waals surface area contributed by atoms with Crippen LogP contribution in [0.3, 0.4) is 0 Å². The number of hydrogen-bond acceptors (Lipinski definition) is 2. The van der Waals surface area contributed by atoms with E-state index in [1.807, 2.05) is 12.1 Å². The smallest absolute Gasteiger partial charge is 0.143 e. The molecule has 0 radical (unpaired) electrons. The highest BCUT2D eigenvalue weighted by atomic mass is 16.3. The molecule has 0 amide bonds. The van der Waals surface area contributed by atoms with Crippen LogP contribution >= 0.6 is 0 Å². The van der Waals surface area contributed by atoms with Crippen LogP contribution in [0.2, 0.25) is 0 Å². The van der Waals surface area contributed by atoms with Gasteiger partial charge in [-0.3, -0.25) is 0 Å². The number of nitrogens with zero attached hydrogens (tertiary/aromatic N) is 1. The summed E-state index contributed by atoms with van der Waals surface area (Å²) in [7, 11) is 0. The Bertz CT molecular complexity index is 2590. The minimum atomic E-state index is 0.891. The molecule has 0 saturated heterocycles. The second kappa shape index (κ2) is 13.8. The predicted octanol–water partition coefficient (Wildman–Crippen LogP) is 14.2. The molecular weight excluding hydrogens is 631 g/mol. The van der Waals surface area contributed by atoms with Crippen LogP contribution in [0.25, 0.3) is 66.8 Å². The Morgan fingerprint density at radius 3 is 1.42 bits per heavy atom. The maximum Gasteiger partial charge on any atom is 0.143 e. The van der Waals surface area contributed by atoms with E-state index in [9.17, 15) is 0 Å². The van der Waals surface area contributed by atoms with E-state index in [4.69, 9.17) is 4.42 Å². The fraction of sp³-hybridized carbons (Fsp3) is 0. The van der Waals surface area contributed by atoms with Crippen molar-refractivity contribution in [2.45, 2.75) is 0 Å². The van der Waals surface area contributed by atoms with Crippen molar-refractivity contribution in [2.75, 3.05) is 4.90 Å². The van der Waals surface area contributed by atoms with Gasteiger partial charge in [-0.05, 0) is 87.5 Å². The molecule has 0 aliphatic heterocycles. The molecule has 246 valence electrons. The Balaban J connectivity index is 1.01. The highest BCUT2D eigenvalue weighted by molar-refractivity contribution is 6.02.